The van der Waals surface area contributed by atoms with E-state index in [2.05, 4.69) is 23.9 Å². The standard InChI is InChI=1S/C13H20N2O2S/c1-13(2)8-10(13)9-15-18(16,17)12-6-4-11(14-3)5-7-12/h4-7,10,14-15H,8-9H2,1-3H3. The summed E-state index contributed by atoms with van der Waals surface area (Å²) >= 11 is 0. The maximum Gasteiger partial charge on any atom is 0.240 e. The number of sulfonamides is 1. The van der Waals surface area contributed by atoms with Crippen molar-refractivity contribution >= 4 is 15.7 Å². The minimum Gasteiger partial charge on any atom is -0.388 e. The number of nitrogens with one attached hydrogen (secondary N) is 2. The Morgan fingerprint density at radius 3 is 2.28 bits per heavy atom. The zero-order chi connectivity index (χ0) is 13.4. The van der Waals surface area contributed by atoms with Gasteiger partial charge in [0, 0.05) is 19.3 Å². The minimum absolute atomic E-state index is 0.290. The molecule has 0 bridgehead atoms. The number of hydrogen-bond acceptors (Lipinski definition) is 3. The second-order valence-corrected chi connectivity index (χ2v) is 7.28. The van der Waals surface area contributed by atoms with Crippen molar-refractivity contribution in [3.8, 4) is 0 Å². The van der Waals surface area contributed by atoms with Crippen molar-refractivity contribution in [3.05, 3.63) is 24.3 Å². The largest absolute Gasteiger partial charge is 0.388 e. The van der Waals surface area contributed by atoms with Crippen LogP contribution in [0.3, 0.4) is 0 Å². The van der Waals surface area contributed by atoms with Gasteiger partial charge >= 0.3 is 0 Å². The van der Waals surface area contributed by atoms with Crippen molar-refractivity contribution in [2.24, 2.45) is 11.3 Å². The van der Waals surface area contributed by atoms with Crippen LogP contribution in [0.1, 0.15) is 20.3 Å². The highest BCUT2D eigenvalue weighted by Crippen LogP contribution is 2.51. The fourth-order valence-electron chi connectivity index (χ4n) is 2.02. The molecule has 0 radical (unpaired) electrons. The van der Waals surface area contributed by atoms with Gasteiger partial charge in [0.2, 0.25) is 10.0 Å². The first-order valence-electron chi connectivity index (χ1n) is 6.13. The molecule has 1 aromatic rings. The molecular formula is C13H20N2O2S. The zero-order valence-corrected chi connectivity index (χ0v) is 11.8. The molecule has 0 heterocycles. The zero-order valence-electron chi connectivity index (χ0n) is 11.0. The molecule has 18 heavy (non-hydrogen) atoms. The Morgan fingerprint density at radius 2 is 1.83 bits per heavy atom. The van der Waals surface area contributed by atoms with Gasteiger partial charge in [-0.15, -0.1) is 0 Å². The third-order valence-corrected chi connectivity index (χ3v) is 5.13. The third-order valence-electron chi connectivity index (χ3n) is 3.69. The Kier molecular flexibility index (Phi) is 3.38. The number of hydrogen-bond donors (Lipinski definition) is 2. The van der Waals surface area contributed by atoms with Gasteiger partial charge in [-0.1, -0.05) is 13.8 Å². The summed E-state index contributed by atoms with van der Waals surface area (Å²) < 4.78 is 26.8. The van der Waals surface area contributed by atoms with E-state index in [1.165, 1.54) is 0 Å². The first-order chi connectivity index (χ1) is 8.35. The highest BCUT2D eigenvalue weighted by Gasteiger charge is 2.45. The number of anilines is 1. The molecule has 1 aliphatic rings. The molecule has 1 aromatic carbocycles. The summed E-state index contributed by atoms with van der Waals surface area (Å²) in [6.45, 7) is 4.85. The molecule has 100 valence electrons. The summed E-state index contributed by atoms with van der Waals surface area (Å²) in [4.78, 5) is 0.319. The molecule has 1 aliphatic carbocycles. The van der Waals surface area contributed by atoms with Crippen LogP contribution < -0.4 is 10.0 Å². The minimum atomic E-state index is -3.37. The van der Waals surface area contributed by atoms with Crippen LogP contribution in [0.25, 0.3) is 0 Å². The van der Waals surface area contributed by atoms with E-state index in [0.717, 1.165) is 12.1 Å². The van der Waals surface area contributed by atoms with Gasteiger partial charge in [0.05, 0.1) is 4.90 Å². The Balaban J connectivity index is 2.01. The Bertz CT molecular complexity index is 520. The molecule has 1 atom stereocenters. The van der Waals surface area contributed by atoms with Gasteiger partial charge in [-0.05, 0) is 42.0 Å². The molecule has 1 saturated carbocycles. The molecule has 0 aliphatic heterocycles. The molecule has 5 heteroatoms. The average molecular weight is 268 g/mol. The van der Waals surface area contributed by atoms with Crippen LogP contribution in [0.15, 0.2) is 29.2 Å². The van der Waals surface area contributed by atoms with E-state index in [9.17, 15) is 8.42 Å². The van der Waals surface area contributed by atoms with E-state index in [1.54, 1.807) is 31.3 Å². The SMILES string of the molecule is CNc1ccc(S(=O)(=O)NCC2CC2(C)C)cc1. The molecular weight excluding hydrogens is 248 g/mol. The lowest BCUT2D eigenvalue weighted by molar-refractivity contribution is 0.537. The van der Waals surface area contributed by atoms with Gasteiger partial charge in [0.15, 0.2) is 0 Å². The molecule has 0 aromatic heterocycles. The van der Waals surface area contributed by atoms with Crippen molar-refractivity contribution in [1.29, 1.82) is 0 Å². The molecule has 2 rings (SSSR count). The van der Waals surface area contributed by atoms with E-state index in [4.69, 9.17) is 0 Å². The van der Waals surface area contributed by atoms with Crippen LogP contribution in [0.5, 0.6) is 0 Å². The van der Waals surface area contributed by atoms with Gasteiger partial charge in [-0.2, -0.15) is 0 Å². The van der Waals surface area contributed by atoms with E-state index in [0.29, 0.717) is 22.8 Å². The van der Waals surface area contributed by atoms with Gasteiger partial charge < -0.3 is 5.32 Å². The third kappa shape index (κ3) is 2.84. The molecule has 1 unspecified atom stereocenters. The summed E-state index contributed by atoms with van der Waals surface area (Å²) in [5.74, 6) is 0.462. The molecule has 0 spiro atoms. The summed E-state index contributed by atoms with van der Waals surface area (Å²) in [6.07, 6.45) is 1.09. The first kappa shape index (κ1) is 13.4. The lowest BCUT2D eigenvalue weighted by Crippen LogP contribution is -2.26. The summed E-state index contributed by atoms with van der Waals surface area (Å²) in [5, 5.41) is 2.96. The van der Waals surface area contributed by atoms with Gasteiger partial charge in [0.25, 0.3) is 0 Å². The molecule has 2 N–H and O–H groups in total. The van der Waals surface area contributed by atoms with Crippen LogP contribution in [0.2, 0.25) is 0 Å². The highest BCUT2D eigenvalue weighted by molar-refractivity contribution is 7.89. The van der Waals surface area contributed by atoms with Crippen molar-refractivity contribution in [2.75, 3.05) is 18.9 Å². The van der Waals surface area contributed by atoms with E-state index in [-0.39, 0.29) is 0 Å². The van der Waals surface area contributed by atoms with Crippen molar-refractivity contribution < 1.29 is 8.42 Å². The average Bonchev–Trinajstić information content (AvgIpc) is 2.95. The second kappa shape index (κ2) is 4.55. The first-order valence-corrected chi connectivity index (χ1v) is 7.61. The van der Waals surface area contributed by atoms with Gasteiger partial charge in [-0.25, -0.2) is 13.1 Å². The van der Waals surface area contributed by atoms with Crippen LogP contribution in [0.4, 0.5) is 5.69 Å². The number of benzene rings is 1. The van der Waals surface area contributed by atoms with E-state index >= 15 is 0 Å². The smallest absolute Gasteiger partial charge is 0.240 e. The number of rotatable bonds is 5. The van der Waals surface area contributed by atoms with E-state index < -0.39 is 10.0 Å². The fourth-order valence-corrected chi connectivity index (χ4v) is 3.10. The molecule has 0 saturated heterocycles. The lowest BCUT2D eigenvalue weighted by atomic mass is 10.1. The van der Waals surface area contributed by atoms with Crippen LogP contribution in [-0.4, -0.2) is 22.0 Å². The van der Waals surface area contributed by atoms with Crippen LogP contribution in [0, 0.1) is 11.3 Å². The molecule has 1 fully saturated rings. The maximum absolute atomic E-state index is 12.0. The predicted molar refractivity (Wildman–Crippen MR) is 73.1 cm³/mol. The van der Waals surface area contributed by atoms with Gasteiger partial charge in [-0.3, -0.25) is 0 Å². The Hall–Kier alpha value is -1.07. The van der Waals surface area contributed by atoms with Crippen molar-refractivity contribution in [2.45, 2.75) is 25.2 Å². The fraction of sp³-hybridized carbons (Fsp3) is 0.538. The Morgan fingerprint density at radius 1 is 1.28 bits per heavy atom. The van der Waals surface area contributed by atoms with Crippen LogP contribution in [-0.2, 0) is 10.0 Å². The normalized spacial score (nSPS) is 21.6. The van der Waals surface area contributed by atoms with Crippen LogP contribution >= 0.6 is 0 Å². The second-order valence-electron chi connectivity index (χ2n) is 5.52. The molecule has 0 amide bonds. The topological polar surface area (TPSA) is 58.2 Å². The quantitative estimate of drug-likeness (QED) is 0.859. The predicted octanol–water partition coefficient (Wildman–Crippen LogP) is 2.05. The Labute approximate surface area is 109 Å². The highest BCUT2D eigenvalue weighted by atomic mass is 32.2. The summed E-state index contributed by atoms with van der Waals surface area (Å²) in [7, 11) is -1.57. The lowest BCUT2D eigenvalue weighted by Gasteiger charge is -2.08. The van der Waals surface area contributed by atoms with Crippen molar-refractivity contribution in [1.82, 2.24) is 4.72 Å². The summed E-state index contributed by atoms with van der Waals surface area (Å²) in [6, 6.07) is 6.75. The monoisotopic (exact) mass is 268 g/mol. The van der Waals surface area contributed by atoms with Gasteiger partial charge in [0.1, 0.15) is 0 Å². The maximum atomic E-state index is 12.0. The molecule has 4 nitrogen and oxygen atoms in total. The van der Waals surface area contributed by atoms with Crippen molar-refractivity contribution in [3.63, 3.8) is 0 Å². The van der Waals surface area contributed by atoms with E-state index in [1.807, 2.05) is 0 Å². The summed E-state index contributed by atoms with van der Waals surface area (Å²) in [5.41, 5.74) is 1.19.